The zero-order valence-corrected chi connectivity index (χ0v) is 11.4. The molecule has 3 rings (SSSR count). The Hall–Kier alpha value is -1.69. The number of imidazole rings is 1. The molecule has 0 aliphatic carbocycles. The van der Waals surface area contributed by atoms with E-state index in [-0.39, 0.29) is 0 Å². The standard InChI is InChI=1S/C13H19N5O/c1-3-18-7-5-14-12(18)9-17-6-4-11(8-17)13-15-10(2)16-19-13/h5,7,11H,3-4,6,8-9H2,1-2H3. The Balaban J connectivity index is 1.63. The van der Waals surface area contributed by atoms with E-state index in [1.54, 1.807) is 0 Å². The second-order valence-electron chi connectivity index (χ2n) is 5.03. The summed E-state index contributed by atoms with van der Waals surface area (Å²) in [6.07, 6.45) is 4.98. The minimum Gasteiger partial charge on any atom is -0.339 e. The summed E-state index contributed by atoms with van der Waals surface area (Å²) in [4.78, 5) is 11.2. The quantitative estimate of drug-likeness (QED) is 0.836. The number of hydrogen-bond donors (Lipinski definition) is 0. The van der Waals surface area contributed by atoms with Gasteiger partial charge in [-0.1, -0.05) is 5.16 Å². The van der Waals surface area contributed by atoms with Crippen molar-refractivity contribution >= 4 is 0 Å². The Labute approximate surface area is 112 Å². The van der Waals surface area contributed by atoms with Crippen molar-refractivity contribution in [2.24, 2.45) is 0 Å². The highest BCUT2D eigenvalue weighted by atomic mass is 16.5. The maximum Gasteiger partial charge on any atom is 0.231 e. The lowest BCUT2D eigenvalue weighted by molar-refractivity contribution is 0.299. The van der Waals surface area contributed by atoms with Crippen molar-refractivity contribution in [2.75, 3.05) is 13.1 Å². The average molecular weight is 261 g/mol. The molecule has 0 saturated carbocycles. The Bertz CT molecular complexity index is 547. The van der Waals surface area contributed by atoms with E-state index in [1.807, 2.05) is 19.3 Å². The van der Waals surface area contributed by atoms with Crippen LogP contribution < -0.4 is 0 Å². The summed E-state index contributed by atoms with van der Waals surface area (Å²) >= 11 is 0. The molecule has 19 heavy (non-hydrogen) atoms. The largest absolute Gasteiger partial charge is 0.339 e. The van der Waals surface area contributed by atoms with Crippen LogP contribution in [0.25, 0.3) is 0 Å². The van der Waals surface area contributed by atoms with Gasteiger partial charge in [0, 0.05) is 25.5 Å². The molecule has 2 aromatic rings. The van der Waals surface area contributed by atoms with Gasteiger partial charge in [-0.05, 0) is 26.8 Å². The maximum absolute atomic E-state index is 5.27. The van der Waals surface area contributed by atoms with Crippen molar-refractivity contribution < 1.29 is 4.52 Å². The first kappa shape index (κ1) is 12.3. The SMILES string of the molecule is CCn1ccnc1CN1CCC(c2nc(C)no2)C1. The summed E-state index contributed by atoms with van der Waals surface area (Å²) in [7, 11) is 0. The molecule has 1 saturated heterocycles. The highest BCUT2D eigenvalue weighted by molar-refractivity contribution is 5.00. The van der Waals surface area contributed by atoms with Crippen LogP contribution in [0.15, 0.2) is 16.9 Å². The van der Waals surface area contributed by atoms with Crippen molar-refractivity contribution in [1.29, 1.82) is 0 Å². The first-order valence-electron chi connectivity index (χ1n) is 6.79. The maximum atomic E-state index is 5.27. The fourth-order valence-corrected chi connectivity index (χ4v) is 2.64. The van der Waals surface area contributed by atoms with Crippen molar-refractivity contribution in [3.8, 4) is 0 Å². The third kappa shape index (κ3) is 2.53. The molecule has 0 bridgehead atoms. The summed E-state index contributed by atoms with van der Waals surface area (Å²) in [5.41, 5.74) is 0. The number of aryl methyl sites for hydroxylation is 2. The zero-order chi connectivity index (χ0) is 13.2. The molecular weight excluding hydrogens is 242 g/mol. The lowest BCUT2D eigenvalue weighted by atomic mass is 10.1. The fraction of sp³-hybridized carbons (Fsp3) is 0.615. The van der Waals surface area contributed by atoms with Crippen LogP contribution in [-0.2, 0) is 13.1 Å². The Morgan fingerprint density at radius 3 is 3.11 bits per heavy atom. The van der Waals surface area contributed by atoms with E-state index >= 15 is 0 Å². The van der Waals surface area contributed by atoms with Crippen molar-refractivity contribution in [3.05, 3.63) is 29.9 Å². The van der Waals surface area contributed by atoms with Gasteiger partial charge in [0.05, 0.1) is 12.5 Å². The highest BCUT2D eigenvalue weighted by Gasteiger charge is 2.28. The molecule has 2 aromatic heterocycles. The monoisotopic (exact) mass is 261 g/mol. The van der Waals surface area contributed by atoms with Crippen LogP contribution in [0.5, 0.6) is 0 Å². The molecule has 3 heterocycles. The van der Waals surface area contributed by atoms with E-state index in [0.29, 0.717) is 5.92 Å². The van der Waals surface area contributed by atoms with Gasteiger partial charge in [-0.3, -0.25) is 4.90 Å². The van der Waals surface area contributed by atoms with Gasteiger partial charge < -0.3 is 9.09 Å². The summed E-state index contributed by atoms with van der Waals surface area (Å²) in [6.45, 7) is 7.89. The molecule has 0 radical (unpaired) electrons. The smallest absolute Gasteiger partial charge is 0.231 e. The number of hydrogen-bond acceptors (Lipinski definition) is 5. The van der Waals surface area contributed by atoms with Crippen LogP contribution in [0.3, 0.4) is 0 Å². The van der Waals surface area contributed by atoms with E-state index in [4.69, 9.17) is 4.52 Å². The van der Waals surface area contributed by atoms with Gasteiger partial charge in [0.25, 0.3) is 0 Å². The molecule has 6 nitrogen and oxygen atoms in total. The van der Waals surface area contributed by atoms with Gasteiger partial charge in [0.1, 0.15) is 5.82 Å². The van der Waals surface area contributed by atoms with Gasteiger partial charge in [0.2, 0.25) is 5.89 Å². The lowest BCUT2D eigenvalue weighted by Crippen LogP contribution is -2.22. The van der Waals surface area contributed by atoms with Crippen LogP contribution >= 0.6 is 0 Å². The van der Waals surface area contributed by atoms with Gasteiger partial charge in [-0.15, -0.1) is 0 Å². The molecule has 0 spiro atoms. The van der Waals surface area contributed by atoms with Gasteiger partial charge >= 0.3 is 0 Å². The lowest BCUT2D eigenvalue weighted by Gasteiger charge is -2.15. The third-order valence-corrected chi connectivity index (χ3v) is 3.67. The predicted molar refractivity (Wildman–Crippen MR) is 69.6 cm³/mol. The van der Waals surface area contributed by atoms with Crippen LogP contribution in [0, 0.1) is 6.92 Å². The first-order valence-corrected chi connectivity index (χ1v) is 6.79. The first-order chi connectivity index (χ1) is 9.26. The molecule has 0 aromatic carbocycles. The number of nitrogens with zero attached hydrogens (tertiary/aromatic N) is 5. The van der Waals surface area contributed by atoms with Crippen LogP contribution in [0.2, 0.25) is 0 Å². The molecule has 102 valence electrons. The topological polar surface area (TPSA) is 60.0 Å². The Kier molecular flexibility index (Phi) is 3.33. The highest BCUT2D eigenvalue weighted by Crippen LogP contribution is 2.26. The Morgan fingerprint density at radius 1 is 1.47 bits per heavy atom. The van der Waals surface area contributed by atoms with Crippen molar-refractivity contribution in [2.45, 2.75) is 39.3 Å². The number of rotatable bonds is 4. The summed E-state index contributed by atoms with van der Waals surface area (Å²) in [5, 5.41) is 3.87. The summed E-state index contributed by atoms with van der Waals surface area (Å²) in [6, 6.07) is 0. The minimum absolute atomic E-state index is 0.367. The zero-order valence-electron chi connectivity index (χ0n) is 11.4. The molecule has 6 heteroatoms. The minimum atomic E-state index is 0.367. The summed E-state index contributed by atoms with van der Waals surface area (Å²) in [5.74, 6) is 2.99. The van der Waals surface area contributed by atoms with E-state index in [9.17, 15) is 0 Å². The second-order valence-corrected chi connectivity index (χ2v) is 5.03. The van der Waals surface area contributed by atoms with Gasteiger partial charge in [-0.2, -0.15) is 4.98 Å². The average Bonchev–Trinajstić information content (AvgIpc) is 3.10. The van der Waals surface area contributed by atoms with Crippen LogP contribution in [-0.4, -0.2) is 37.7 Å². The van der Waals surface area contributed by atoms with E-state index in [1.165, 1.54) is 0 Å². The Morgan fingerprint density at radius 2 is 2.37 bits per heavy atom. The van der Waals surface area contributed by atoms with Crippen LogP contribution in [0.4, 0.5) is 0 Å². The normalized spacial score (nSPS) is 20.2. The molecule has 0 amide bonds. The van der Waals surface area contributed by atoms with Gasteiger partial charge in [-0.25, -0.2) is 4.98 Å². The van der Waals surface area contributed by atoms with Crippen LogP contribution in [0.1, 0.15) is 36.8 Å². The van der Waals surface area contributed by atoms with E-state index < -0.39 is 0 Å². The molecule has 1 aliphatic rings. The molecule has 1 aliphatic heterocycles. The fourth-order valence-electron chi connectivity index (χ4n) is 2.64. The van der Waals surface area contributed by atoms with Crippen molar-refractivity contribution in [3.63, 3.8) is 0 Å². The molecule has 1 unspecified atom stereocenters. The predicted octanol–water partition coefficient (Wildman–Crippen LogP) is 1.58. The number of aromatic nitrogens is 4. The summed E-state index contributed by atoms with van der Waals surface area (Å²) < 4.78 is 7.45. The number of likely N-dealkylation sites (tertiary alicyclic amines) is 1. The second kappa shape index (κ2) is 5.13. The van der Waals surface area contributed by atoms with Gasteiger partial charge in [0.15, 0.2) is 5.82 Å². The van der Waals surface area contributed by atoms with E-state index in [2.05, 4.69) is 31.5 Å². The molecule has 1 atom stereocenters. The molecule has 1 fully saturated rings. The molecular formula is C13H19N5O. The third-order valence-electron chi connectivity index (χ3n) is 3.67. The van der Waals surface area contributed by atoms with Crippen molar-refractivity contribution in [1.82, 2.24) is 24.6 Å². The van der Waals surface area contributed by atoms with E-state index in [0.717, 1.165) is 50.1 Å². The molecule has 0 N–H and O–H groups in total.